The lowest BCUT2D eigenvalue weighted by Crippen LogP contribution is -2.42. The molecule has 3 N–H and O–H groups in total. The minimum Gasteiger partial charge on any atom is -0.480 e. The van der Waals surface area contributed by atoms with E-state index >= 15 is 0 Å². The third kappa shape index (κ3) is 4.35. The number of carbonyl (C=O) groups excluding carboxylic acids is 1. The van der Waals surface area contributed by atoms with Crippen LogP contribution < -0.4 is 5.32 Å². The minimum atomic E-state index is -1.05. The molecule has 0 aliphatic heterocycles. The highest BCUT2D eigenvalue weighted by Gasteiger charge is 2.23. The number of aromatic amines is 1. The second-order valence-electron chi connectivity index (χ2n) is 5.19. The first-order valence-corrected chi connectivity index (χ1v) is 6.27. The standard InChI is InChI=1S/C12H20N4O3/c1-6(2)5-8(12(18)19)13-11(17)10-14-9(7(3)4)15-16-10/h6-8H,5H2,1-4H3,(H,13,17)(H,18,19)(H,14,15,16). The van der Waals surface area contributed by atoms with E-state index in [0.717, 1.165) is 0 Å². The van der Waals surface area contributed by atoms with Gasteiger partial charge in [0, 0.05) is 5.92 Å². The van der Waals surface area contributed by atoms with E-state index in [1.807, 2.05) is 27.7 Å². The van der Waals surface area contributed by atoms with Crippen molar-refractivity contribution in [2.75, 3.05) is 0 Å². The number of H-pyrrole nitrogens is 1. The highest BCUT2D eigenvalue weighted by molar-refractivity contribution is 5.93. The van der Waals surface area contributed by atoms with Gasteiger partial charge in [-0.1, -0.05) is 27.7 Å². The second-order valence-corrected chi connectivity index (χ2v) is 5.19. The summed E-state index contributed by atoms with van der Waals surface area (Å²) in [5.41, 5.74) is 0. The normalized spacial score (nSPS) is 12.7. The van der Waals surface area contributed by atoms with Crippen LogP contribution in [0.15, 0.2) is 0 Å². The number of hydrogen-bond acceptors (Lipinski definition) is 4. The van der Waals surface area contributed by atoms with E-state index in [2.05, 4.69) is 20.5 Å². The number of aromatic nitrogens is 3. The largest absolute Gasteiger partial charge is 0.480 e. The topological polar surface area (TPSA) is 108 Å². The number of aliphatic carboxylic acids is 1. The number of hydrogen-bond donors (Lipinski definition) is 3. The molecule has 1 unspecified atom stereocenters. The summed E-state index contributed by atoms with van der Waals surface area (Å²) in [6, 6.07) is -0.923. The fraction of sp³-hybridized carbons (Fsp3) is 0.667. The third-order valence-corrected chi connectivity index (χ3v) is 2.56. The molecule has 0 saturated carbocycles. The lowest BCUT2D eigenvalue weighted by Gasteiger charge is -2.15. The summed E-state index contributed by atoms with van der Waals surface area (Å²) in [6.07, 6.45) is 0.364. The predicted octanol–water partition coefficient (Wildman–Crippen LogP) is 1.16. The van der Waals surface area contributed by atoms with E-state index in [-0.39, 0.29) is 17.7 Å². The molecule has 0 aromatic carbocycles. The maximum absolute atomic E-state index is 11.9. The Balaban J connectivity index is 2.73. The molecule has 1 atom stereocenters. The quantitative estimate of drug-likeness (QED) is 0.717. The summed E-state index contributed by atoms with van der Waals surface area (Å²) in [5.74, 6) is -0.766. The zero-order valence-corrected chi connectivity index (χ0v) is 11.6. The second kappa shape index (κ2) is 6.31. The van der Waals surface area contributed by atoms with Gasteiger partial charge in [0.05, 0.1) is 0 Å². The molecule has 1 heterocycles. The minimum absolute atomic E-state index is 0.0290. The van der Waals surface area contributed by atoms with Crippen LogP contribution in [0.25, 0.3) is 0 Å². The lowest BCUT2D eigenvalue weighted by atomic mass is 10.0. The molecule has 1 rings (SSSR count). The zero-order chi connectivity index (χ0) is 14.6. The van der Waals surface area contributed by atoms with Crippen molar-refractivity contribution in [2.45, 2.75) is 46.1 Å². The van der Waals surface area contributed by atoms with Crippen LogP contribution in [0.3, 0.4) is 0 Å². The van der Waals surface area contributed by atoms with E-state index in [1.54, 1.807) is 0 Å². The van der Waals surface area contributed by atoms with Gasteiger partial charge < -0.3 is 10.4 Å². The Hall–Kier alpha value is -1.92. The summed E-state index contributed by atoms with van der Waals surface area (Å²) in [7, 11) is 0. The molecule has 0 aliphatic carbocycles. The smallest absolute Gasteiger partial charge is 0.326 e. The van der Waals surface area contributed by atoms with Crippen LogP contribution in [0.4, 0.5) is 0 Å². The summed E-state index contributed by atoms with van der Waals surface area (Å²) in [6.45, 7) is 7.62. The maximum Gasteiger partial charge on any atom is 0.326 e. The third-order valence-electron chi connectivity index (χ3n) is 2.56. The summed E-state index contributed by atoms with van der Waals surface area (Å²) >= 11 is 0. The lowest BCUT2D eigenvalue weighted by molar-refractivity contribution is -0.139. The molecule has 0 aliphatic rings. The molecule has 0 radical (unpaired) electrons. The first kappa shape index (κ1) is 15.1. The average Bonchev–Trinajstić information content (AvgIpc) is 2.76. The highest BCUT2D eigenvalue weighted by Crippen LogP contribution is 2.09. The van der Waals surface area contributed by atoms with Crippen molar-refractivity contribution in [1.82, 2.24) is 20.5 Å². The molecule has 1 aromatic rings. The number of nitrogens with zero attached hydrogens (tertiary/aromatic N) is 2. The van der Waals surface area contributed by atoms with E-state index in [0.29, 0.717) is 12.2 Å². The SMILES string of the molecule is CC(C)CC(NC(=O)c1n[nH]c(C(C)C)n1)C(=O)O. The molecule has 1 aromatic heterocycles. The van der Waals surface area contributed by atoms with Crippen LogP contribution in [0, 0.1) is 5.92 Å². The first-order valence-electron chi connectivity index (χ1n) is 6.27. The van der Waals surface area contributed by atoms with Crippen LogP contribution in [0.1, 0.15) is 56.5 Å². The summed E-state index contributed by atoms with van der Waals surface area (Å²) < 4.78 is 0. The predicted molar refractivity (Wildman–Crippen MR) is 68.8 cm³/mol. The average molecular weight is 268 g/mol. The molecule has 0 spiro atoms. The van der Waals surface area contributed by atoms with Gasteiger partial charge in [0.25, 0.3) is 5.91 Å². The number of rotatable bonds is 6. The van der Waals surface area contributed by atoms with Crippen LogP contribution in [-0.2, 0) is 4.79 Å². The molecule has 19 heavy (non-hydrogen) atoms. The Morgan fingerprint density at radius 2 is 1.95 bits per heavy atom. The number of carbonyl (C=O) groups is 2. The van der Waals surface area contributed by atoms with Crippen LogP contribution in [0.2, 0.25) is 0 Å². The molecule has 7 nitrogen and oxygen atoms in total. The molecule has 0 bridgehead atoms. The van der Waals surface area contributed by atoms with Gasteiger partial charge in [0.15, 0.2) is 0 Å². The van der Waals surface area contributed by atoms with Crippen molar-refractivity contribution in [3.63, 3.8) is 0 Å². The fourth-order valence-corrected chi connectivity index (χ4v) is 1.55. The Labute approximate surface area is 111 Å². The Bertz CT molecular complexity index is 454. The summed E-state index contributed by atoms with van der Waals surface area (Å²) in [4.78, 5) is 26.9. The van der Waals surface area contributed by atoms with Crippen molar-refractivity contribution < 1.29 is 14.7 Å². The molecule has 0 saturated heterocycles. The van der Waals surface area contributed by atoms with Gasteiger partial charge in [0.2, 0.25) is 5.82 Å². The molecule has 106 valence electrons. The monoisotopic (exact) mass is 268 g/mol. The van der Waals surface area contributed by atoms with Gasteiger partial charge in [-0.25, -0.2) is 9.78 Å². The van der Waals surface area contributed by atoms with Crippen molar-refractivity contribution in [3.05, 3.63) is 11.6 Å². The van der Waals surface area contributed by atoms with Crippen LogP contribution >= 0.6 is 0 Å². The molecular weight excluding hydrogens is 248 g/mol. The molecule has 7 heteroatoms. The van der Waals surface area contributed by atoms with Gasteiger partial charge in [-0.2, -0.15) is 0 Å². The first-order chi connectivity index (χ1) is 8.81. The zero-order valence-electron chi connectivity index (χ0n) is 11.6. The Morgan fingerprint density at radius 3 is 2.37 bits per heavy atom. The van der Waals surface area contributed by atoms with Crippen molar-refractivity contribution >= 4 is 11.9 Å². The van der Waals surface area contributed by atoms with Crippen LogP contribution in [-0.4, -0.2) is 38.2 Å². The number of carboxylic acids is 1. The number of carboxylic acid groups (broad SMARTS) is 1. The van der Waals surface area contributed by atoms with E-state index in [4.69, 9.17) is 5.11 Å². The van der Waals surface area contributed by atoms with Gasteiger partial charge in [0.1, 0.15) is 11.9 Å². The fourth-order valence-electron chi connectivity index (χ4n) is 1.55. The van der Waals surface area contributed by atoms with Gasteiger partial charge >= 0.3 is 5.97 Å². The maximum atomic E-state index is 11.9. The van der Waals surface area contributed by atoms with Crippen molar-refractivity contribution in [1.29, 1.82) is 0 Å². The van der Waals surface area contributed by atoms with Crippen LogP contribution in [0.5, 0.6) is 0 Å². The summed E-state index contributed by atoms with van der Waals surface area (Å²) in [5, 5.41) is 17.9. The number of amides is 1. The van der Waals surface area contributed by atoms with Gasteiger partial charge in [-0.3, -0.25) is 9.89 Å². The van der Waals surface area contributed by atoms with E-state index < -0.39 is 17.9 Å². The van der Waals surface area contributed by atoms with Gasteiger partial charge in [-0.15, -0.1) is 5.10 Å². The molecule has 0 fully saturated rings. The Morgan fingerprint density at radius 1 is 1.32 bits per heavy atom. The molecular formula is C12H20N4O3. The highest BCUT2D eigenvalue weighted by atomic mass is 16.4. The van der Waals surface area contributed by atoms with Gasteiger partial charge in [-0.05, 0) is 12.3 Å². The molecule has 1 amide bonds. The van der Waals surface area contributed by atoms with Crippen molar-refractivity contribution in [3.8, 4) is 0 Å². The number of nitrogens with one attached hydrogen (secondary N) is 2. The van der Waals surface area contributed by atoms with E-state index in [1.165, 1.54) is 0 Å². The van der Waals surface area contributed by atoms with Crippen molar-refractivity contribution in [2.24, 2.45) is 5.92 Å². The Kier molecular flexibility index (Phi) is 5.02. The van der Waals surface area contributed by atoms with E-state index in [9.17, 15) is 9.59 Å².